The quantitative estimate of drug-likeness (QED) is 0.175. The summed E-state index contributed by atoms with van der Waals surface area (Å²) < 4.78 is 5.28. The molecule has 9 heteroatoms. The number of carbonyl (C=O) groups excluding carboxylic acids is 1. The molecule has 1 amide bonds. The summed E-state index contributed by atoms with van der Waals surface area (Å²) in [5, 5.41) is 11.9. The van der Waals surface area contributed by atoms with Crippen molar-refractivity contribution in [1.29, 1.82) is 0 Å². The first-order chi connectivity index (χ1) is 17.0. The average Bonchev–Trinajstić information content (AvgIpc) is 3.33. The van der Waals surface area contributed by atoms with E-state index in [0.717, 1.165) is 33.3 Å². The molecule has 0 saturated carbocycles. The summed E-state index contributed by atoms with van der Waals surface area (Å²) >= 11 is 8.27. The molecule has 1 heterocycles. The molecule has 0 fully saturated rings. The van der Waals surface area contributed by atoms with Crippen LogP contribution in [0.3, 0.4) is 0 Å². The zero-order chi connectivity index (χ0) is 24.6. The van der Waals surface area contributed by atoms with Crippen LogP contribution in [0.2, 0.25) is 0 Å². The number of hydrogen-bond acceptors (Lipinski definition) is 6. The van der Waals surface area contributed by atoms with Gasteiger partial charge in [-0.1, -0.05) is 36.4 Å². The van der Waals surface area contributed by atoms with E-state index in [1.807, 2.05) is 91.2 Å². The van der Waals surface area contributed by atoms with Crippen molar-refractivity contribution in [3.05, 3.63) is 84.2 Å². The Labute approximate surface area is 218 Å². The standard InChI is InChI=1S/C26H24N4O2S3/c1-17(24(31)30-26-29-23(16-34-26)18-8-6-12-21(14-18)32-2)35-22-13-7-11-20(15-22)28-25(33)27-19-9-4-3-5-10-19/h3-17H,1-2H3,(H2,27,28,33)(H,29,30,31). The molecule has 0 aliphatic rings. The molecule has 0 saturated heterocycles. The number of nitrogens with one attached hydrogen (secondary N) is 3. The molecule has 0 aliphatic heterocycles. The molecule has 0 radical (unpaired) electrons. The Bertz CT molecular complexity index is 1310. The van der Waals surface area contributed by atoms with E-state index < -0.39 is 0 Å². The maximum atomic E-state index is 12.8. The highest BCUT2D eigenvalue weighted by Gasteiger charge is 2.17. The number of methoxy groups -OCH3 is 1. The van der Waals surface area contributed by atoms with Crippen LogP contribution in [0.5, 0.6) is 5.75 Å². The summed E-state index contributed by atoms with van der Waals surface area (Å²) in [6.07, 6.45) is 0. The number of thiazole rings is 1. The maximum Gasteiger partial charge on any atom is 0.239 e. The monoisotopic (exact) mass is 520 g/mol. The second-order valence-corrected chi connectivity index (χ2v) is 10.2. The number of ether oxygens (including phenoxy) is 1. The Morgan fingerprint density at radius 2 is 1.71 bits per heavy atom. The van der Waals surface area contributed by atoms with Crippen LogP contribution < -0.4 is 20.7 Å². The van der Waals surface area contributed by atoms with Crippen LogP contribution in [0, 0.1) is 0 Å². The van der Waals surface area contributed by atoms with Gasteiger partial charge in [0.05, 0.1) is 18.1 Å². The molecule has 1 unspecified atom stereocenters. The molecule has 4 aromatic rings. The average molecular weight is 521 g/mol. The van der Waals surface area contributed by atoms with Crippen molar-refractivity contribution >= 4 is 62.8 Å². The Hall–Kier alpha value is -3.40. The smallest absolute Gasteiger partial charge is 0.239 e. The number of aromatic nitrogens is 1. The zero-order valence-corrected chi connectivity index (χ0v) is 21.6. The van der Waals surface area contributed by atoms with Crippen molar-refractivity contribution in [2.24, 2.45) is 0 Å². The zero-order valence-electron chi connectivity index (χ0n) is 19.1. The minimum atomic E-state index is -0.316. The molecular formula is C26H24N4O2S3. The fraction of sp³-hybridized carbons (Fsp3) is 0.115. The predicted molar refractivity (Wildman–Crippen MR) is 151 cm³/mol. The molecule has 6 nitrogen and oxygen atoms in total. The number of thioether (sulfide) groups is 1. The van der Waals surface area contributed by atoms with Gasteiger partial charge < -0.3 is 20.7 Å². The summed E-state index contributed by atoms with van der Waals surface area (Å²) in [5.41, 5.74) is 3.49. The number of para-hydroxylation sites is 1. The number of benzene rings is 3. The van der Waals surface area contributed by atoms with E-state index in [1.165, 1.54) is 23.1 Å². The normalized spacial score (nSPS) is 11.4. The molecular weight excluding hydrogens is 497 g/mol. The lowest BCUT2D eigenvalue weighted by Crippen LogP contribution is -2.22. The lowest BCUT2D eigenvalue weighted by molar-refractivity contribution is -0.115. The minimum Gasteiger partial charge on any atom is -0.497 e. The molecule has 0 bridgehead atoms. The fourth-order valence-electron chi connectivity index (χ4n) is 3.17. The molecule has 1 aromatic heterocycles. The number of hydrogen-bond donors (Lipinski definition) is 3. The fourth-order valence-corrected chi connectivity index (χ4v) is 5.06. The van der Waals surface area contributed by atoms with E-state index in [0.29, 0.717) is 10.2 Å². The molecule has 4 rings (SSSR count). The number of amides is 1. The van der Waals surface area contributed by atoms with Crippen LogP contribution in [0.25, 0.3) is 11.3 Å². The van der Waals surface area contributed by atoms with Gasteiger partial charge in [0.2, 0.25) is 5.91 Å². The Morgan fingerprint density at radius 1 is 0.971 bits per heavy atom. The molecule has 3 aromatic carbocycles. The van der Waals surface area contributed by atoms with Crippen LogP contribution >= 0.6 is 35.3 Å². The molecule has 0 aliphatic carbocycles. The van der Waals surface area contributed by atoms with Gasteiger partial charge in [0.1, 0.15) is 5.75 Å². The van der Waals surface area contributed by atoms with Gasteiger partial charge in [-0.05, 0) is 61.6 Å². The number of carbonyl (C=O) groups is 1. The van der Waals surface area contributed by atoms with E-state index >= 15 is 0 Å². The number of anilines is 3. The molecule has 0 spiro atoms. The molecule has 1 atom stereocenters. The highest BCUT2D eigenvalue weighted by molar-refractivity contribution is 8.00. The predicted octanol–water partition coefficient (Wildman–Crippen LogP) is 6.75. The summed E-state index contributed by atoms with van der Waals surface area (Å²) in [6.45, 7) is 1.87. The van der Waals surface area contributed by atoms with Crippen molar-refractivity contribution in [2.75, 3.05) is 23.1 Å². The van der Waals surface area contributed by atoms with Crippen molar-refractivity contribution in [3.8, 4) is 17.0 Å². The van der Waals surface area contributed by atoms with Gasteiger partial charge >= 0.3 is 0 Å². The van der Waals surface area contributed by atoms with Crippen molar-refractivity contribution in [1.82, 2.24) is 4.98 Å². The van der Waals surface area contributed by atoms with E-state index in [9.17, 15) is 4.79 Å². The van der Waals surface area contributed by atoms with Crippen LogP contribution in [0.4, 0.5) is 16.5 Å². The summed E-state index contributed by atoms with van der Waals surface area (Å²) in [7, 11) is 1.63. The third-order valence-electron chi connectivity index (χ3n) is 4.91. The van der Waals surface area contributed by atoms with Crippen LogP contribution in [0.1, 0.15) is 6.92 Å². The SMILES string of the molecule is COc1cccc(-c2csc(NC(=O)C(C)Sc3cccc(NC(=S)Nc4ccccc4)c3)n2)c1. The highest BCUT2D eigenvalue weighted by Crippen LogP contribution is 2.30. The second-order valence-electron chi connectivity index (χ2n) is 7.49. The second kappa shape index (κ2) is 11.8. The van der Waals surface area contributed by atoms with E-state index in [2.05, 4.69) is 20.9 Å². The molecule has 3 N–H and O–H groups in total. The topological polar surface area (TPSA) is 75.3 Å². The Morgan fingerprint density at radius 3 is 2.51 bits per heavy atom. The van der Waals surface area contributed by atoms with Gasteiger partial charge in [0.15, 0.2) is 10.2 Å². The lowest BCUT2D eigenvalue weighted by Gasteiger charge is -2.13. The minimum absolute atomic E-state index is 0.110. The van der Waals surface area contributed by atoms with Crippen LogP contribution in [0.15, 0.2) is 89.1 Å². The van der Waals surface area contributed by atoms with Crippen LogP contribution in [-0.4, -0.2) is 28.4 Å². The molecule has 178 valence electrons. The number of rotatable bonds is 8. The largest absolute Gasteiger partial charge is 0.497 e. The van der Waals surface area contributed by atoms with Gasteiger partial charge in [-0.25, -0.2) is 4.98 Å². The van der Waals surface area contributed by atoms with Crippen molar-refractivity contribution in [3.63, 3.8) is 0 Å². The first kappa shape index (κ1) is 24.7. The van der Waals surface area contributed by atoms with Crippen molar-refractivity contribution < 1.29 is 9.53 Å². The first-order valence-corrected chi connectivity index (χ1v) is 13.0. The van der Waals surface area contributed by atoms with Gasteiger partial charge in [0.25, 0.3) is 0 Å². The van der Waals surface area contributed by atoms with E-state index in [-0.39, 0.29) is 11.2 Å². The van der Waals surface area contributed by atoms with E-state index in [4.69, 9.17) is 17.0 Å². The highest BCUT2D eigenvalue weighted by atomic mass is 32.2. The number of thiocarbonyl (C=S) groups is 1. The van der Waals surface area contributed by atoms with E-state index in [1.54, 1.807) is 7.11 Å². The summed E-state index contributed by atoms with van der Waals surface area (Å²) in [6, 6.07) is 25.2. The van der Waals surface area contributed by atoms with Gasteiger partial charge in [-0.3, -0.25) is 4.79 Å². The lowest BCUT2D eigenvalue weighted by atomic mass is 10.2. The third-order valence-corrected chi connectivity index (χ3v) is 6.96. The first-order valence-electron chi connectivity index (χ1n) is 10.8. The number of nitrogens with zero attached hydrogens (tertiary/aromatic N) is 1. The van der Waals surface area contributed by atoms with Gasteiger partial charge in [0, 0.05) is 27.2 Å². The van der Waals surface area contributed by atoms with Crippen molar-refractivity contribution in [2.45, 2.75) is 17.1 Å². The van der Waals surface area contributed by atoms with Gasteiger partial charge in [-0.2, -0.15) is 0 Å². The third kappa shape index (κ3) is 7.05. The van der Waals surface area contributed by atoms with Gasteiger partial charge in [-0.15, -0.1) is 23.1 Å². The Kier molecular flexibility index (Phi) is 8.36. The molecule has 35 heavy (non-hydrogen) atoms. The maximum absolute atomic E-state index is 12.8. The summed E-state index contributed by atoms with van der Waals surface area (Å²) in [5.74, 6) is 0.653. The van der Waals surface area contributed by atoms with Crippen LogP contribution in [-0.2, 0) is 4.79 Å². The summed E-state index contributed by atoms with van der Waals surface area (Å²) in [4.78, 5) is 18.3. The Balaban J connectivity index is 1.33.